The molecule has 0 aliphatic carbocycles. The third kappa shape index (κ3) is 2.16. The molecule has 0 fully saturated rings. The van der Waals surface area contributed by atoms with E-state index in [0.717, 1.165) is 28.8 Å². The number of para-hydroxylation sites is 1. The number of rotatable bonds is 4. The molecule has 1 aromatic carbocycles. The van der Waals surface area contributed by atoms with Crippen molar-refractivity contribution in [3.05, 3.63) is 46.2 Å². The maximum Gasteiger partial charge on any atom is 0.193 e. The highest BCUT2D eigenvalue weighted by atomic mass is 79.9. The van der Waals surface area contributed by atoms with Gasteiger partial charge in [-0.25, -0.2) is 0 Å². The van der Waals surface area contributed by atoms with Gasteiger partial charge in [0.05, 0.1) is 16.6 Å². The van der Waals surface area contributed by atoms with E-state index < -0.39 is 0 Å². The molecule has 0 N–H and O–H groups in total. The van der Waals surface area contributed by atoms with Crippen molar-refractivity contribution in [1.29, 1.82) is 0 Å². The Hall–Kier alpha value is -1.62. The fourth-order valence-corrected chi connectivity index (χ4v) is 3.03. The quantitative estimate of drug-likeness (QED) is 0.805. The fraction of sp³-hybridized carbons (Fsp3) is 0.333. The molecule has 0 amide bonds. The molecular formula is C15H15BrN2O2. The molecule has 1 unspecified atom stereocenters. The van der Waals surface area contributed by atoms with Gasteiger partial charge in [0, 0.05) is 12.1 Å². The summed E-state index contributed by atoms with van der Waals surface area (Å²) in [6, 6.07) is 7.72. The molecule has 2 aromatic rings. The Morgan fingerprint density at radius 2 is 2.30 bits per heavy atom. The van der Waals surface area contributed by atoms with Crippen LogP contribution < -0.4 is 4.74 Å². The zero-order valence-corrected chi connectivity index (χ0v) is 12.8. The largest absolute Gasteiger partial charge is 0.492 e. The zero-order valence-electron chi connectivity index (χ0n) is 11.2. The lowest BCUT2D eigenvalue weighted by molar-refractivity contribution is 0.0935. The van der Waals surface area contributed by atoms with E-state index in [1.165, 1.54) is 0 Å². The smallest absolute Gasteiger partial charge is 0.193 e. The van der Waals surface area contributed by atoms with Crippen LogP contribution in [0.25, 0.3) is 0 Å². The van der Waals surface area contributed by atoms with Crippen molar-refractivity contribution in [1.82, 2.24) is 9.78 Å². The van der Waals surface area contributed by atoms with E-state index in [1.54, 1.807) is 10.9 Å². The maximum atomic E-state index is 12.8. The summed E-state index contributed by atoms with van der Waals surface area (Å²) in [6.07, 6.45) is 2.62. The van der Waals surface area contributed by atoms with E-state index >= 15 is 0 Å². The lowest BCUT2D eigenvalue weighted by atomic mass is 9.95. The standard InChI is InChI=1S/C15H15BrN2O2/c1-2-7-18-14(12(16)8-17-18)15(19)11-9-20-13-6-4-3-5-10(11)13/h3-6,8,11H,2,7,9H2,1H3. The average Bonchev–Trinajstić information content (AvgIpc) is 3.03. The van der Waals surface area contributed by atoms with Crippen LogP contribution in [0.3, 0.4) is 0 Å². The van der Waals surface area contributed by atoms with Crippen LogP contribution in [0.4, 0.5) is 0 Å². The van der Waals surface area contributed by atoms with Gasteiger partial charge >= 0.3 is 0 Å². The highest BCUT2D eigenvalue weighted by molar-refractivity contribution is 9.10. The number of Topliss-reactive ketones (excluding diaryl/α,β-unsaturated/α-hetero) is 1. The topological polar surface area (TPSA) is 44.1 Å². The van der Waals surface area contributed by atoms with Crippen LogP contribution in [0.1, 0.15) is 35.3 Å². The summed E-state index contributed by atoms with van der Waals surface area (Å²) in [4.78, 5) is 12.8. The van der Waals surface area contributed by atoms with Crippen LogP contribution >= 0.6 is 15.9 Å². The minimum atomic E-state index is -0.241. The third-order valence-electron chi connectivity index (χ3n) is 3.48. The van der Waals surface area contributed by atoms with Crippen molar-refractivity contribution in [2.75, 3.05) is 6.61 Å². The van der Waals surface area contributed by atoms with Gasteiger partial charge < -0.3 is 4.74 Å². The minimum absolute atomic E-state index is 0.0628. The van der Waals surface area contributed by atoms with Crippen LogP contribution in [0.2, 0.25) is 0 Å². The lowest BCUT2D eigenvalue weighted by Gasteiger charge is -2.10. The van der Waals surface area contributed by atoms with Crippen LogP contribution in [0.15, 0.2) is 34.9 Å². The van der Waals surface area contributed by atoms with E-state index in [0.29, 0.717) is 12.3 Å². The van der Waals surface area contributed by atoms with Crippen LogP contribution in [-0.4, -0.2) is 22.2 Å². The molecular weight excluding hydrogens is 320 g/mol. The summed E-state index contributed by atoms with van der Waals surface area (Å²) in [6.45, 7) is 3.21. The molecule has 0 radical (unpaired) electrons. The van der Waals surface area contributed by atoms with Gasteiger partial charge in [0.25, 0.3) is 0 Å². The molecule has 5 heteroatoms. The normalized spacial score (nSPS) is 16.8. The van der Waals surface area contributed by atoms with Crippen LogP contribution in [0.5, 0.6) is 5.75 Å². The molecule has 1 aromatic heterocycles. The molecule has 0 saturated carbocycles. The molecule has 104 valence electrons. The van der Waals surface area contributed by atoms with Gasteiger partial charge in [-0.1, -0.05) is 25.1 Å². The first-order valence-corrected chi connectivity index (χ1v) is 7.49. The second-order valence-electron chi connectivity index (χ2n) is 4.83. The van der Waals surface area contributed by atoms with Crippen molar-refractivity contribution in [3.8, 4) is 5.75 Å². The predicted molar refractivity (Wildman–Crippen MR) is 79.2 cm³/mol. The van der Waals surface area contributed by atoms with Crippen molar-refractivity contribution < 1.29 is 9.53 Å². The SMILES string of the molecule is CCCn1ncc(Br)c1C(=O)C1COc2ccccc21. The van der Waals surface area contributed by atoms with E-state index in [-0.39, 0.29) is 11.7 Å². The third-order valence-corrected chi connectivity index (χ3v) is 4.06. The number of benzene rings is 1. The predicted octanol–water partition coefficient (Wildman–Crippen LogP) is 3.41. The molecule has 1 atom stereocenters. The van der Waals surface area contributed by atoms with Crippen molar-refractivity contribution in [2.24, 2.45) is 0 Å². The Bertz CT molecular complexity index is 651. The Labute approximate surface area is 125 Å². The highest BCUT2D eigenvalue weighted by Gasteiger charge is 2.33. The molecule has 20 heavy (non-hydrogen) atoms. The Morgan fingerprint density at radius 3 is 3.10 bits per heavy atom. The highest BCUT2D eigenvalue weighted by Crippen LogP contribution is 2.36. The molecule has 1 aliphatic heterocycles. The molecule has 0 bridgehead atoms. The second kappa shape index (κ2) is 5.40. The number of hydrogen-bond acceptors (Lipinski definition) is 3. The first kappa shape index (κ1) is 13.4. The summed E-state index contributed by atoms with van der Waals surface area (Å²) < 4.78 is 8.13. The molecule has 3 rings (SSSR count). The number of nitrogens with zero attached hydrogens (tertiary/aromatic N) is 2. The fourth-order valence-electron chi connectivity index (χ4n) is 2.53. The van der Waals surface area contributed by atoms with Gasteiger partial charge in [-0.3, -0.25) is 9.48 Å². The summed E-state index contributed by atoms with van der Waals surface area (Å²) >= 11 is 3.43. The summed E-state index contributed by atoms with van der Waals surface area (Å²) in [7, 11) is 0. The van der Waals surface area contributed by atoms with Crippen LogP contribution in [-0.2, 0) is 6.54 Å². The number of ketones is 1. The number of fused-ring (bicyclic) bond motifs is 1. The van der Waals surface area contributed by atoms with Gasteiger partial charge in [0.15, 0.2) is 5.78 Å². The van der Waals surface area contributed by atoms with E-state index in [1.807, 2.05) is 24.3 Å². The van der Waals surface area contributed by atoms with Gasteiger partial charge in [0.2, 0.25) is 0 Å². The number of hydrogen-bond donors (Lipinski definition) is 0. The lowest BCUT2D eigenvalue weighted by Crippen LogP contribution is -2.19. The van der Waals surface area contributed by atoms with Gasteiger partial charge in [0.1, 0.15) is 18.1 Å². The number of aryl methyl sites for hydroxylation is 1. The van der Waals surface area contributed by atoms with Crippen LogP contribution in [0, 0.1) is 0 Å². The number of carbonyl (C=O) groups excluding carboxylic acids is 1. The second-order valence-corrected chi connectivity index (χ2v) is 5.68. The number of ether oxygens (including phenoxy) is 1. The molecule has 0 spiro atoms. The Kier molecular flexibility index (Phi) is 3.61. The number of aromatic nitrogens is 2. The molecule has 4 nitrogen and oxygen atoms in total. The molecule has 2 heterocycles. The van der Waals surface area contributed by atoms with Gasteiger partial charge in [-0.05, 0) is 28.4 Å². The van der Waals surface area contributed by atoms with E-state index in [4.69, 9.17) is 4.74 Å². The number of carbonyl (C=O) groups is 1. The Balaban J connectivity index is 1.97. The maximum absolute atomic E-state index is 12.8. The van der Waals surface area contributed by atoms with E-state index in [9.17, 15) is 4.79 Å². The van der Waals surface area contributed by atoms with E-state index in [2.05, 4.69) is 28.0 Å². The molecule has 0 saturated heterocycles. The summed E-state index contributed by atoms with van der Waals surface area (Å²) in [5.41, 5.74) is 1.60. The van der Waals surface area contributed by atoms with Crippen molar-refractivity contribution in [2.45, 2.75) is 25.8 Å². The van der Waals surface area contributed by atoms with Gasteiger partial charge in [-0.15, -0.1) is 0 Å². The van der Waals surface area contributed by atoms with Gasteiger partial charge in [-0.2, -0.15) is 5.10 Å². The summed E-state index contributed by atoms with van der Waals surface area (Å²) in [5, 5.41) is 4.26. The minimum Gasteiger partial charge on any atom is -0.492 e. The Morgan fingerprint density at radius 1 is 1.50 bits per heavy atom. The first-order chi connectivity index (χ1) is 9.72. The first-order valence-electron chi connectivity index (χ1n) is 6.69. The number of halogens is 1. The van der Waals surface area contributed by atoms with Crippen molar-refractivity contribution in [3.63, 3.8) is 0 Å². The monoisotopic (exact) mass is 334 g/mol. The zero-order chi connectivity index (χ0) is 14.1. The van der Waals surface area contributed by atoms with Crippen molar-refractivity contribution >= 4 is 21.7 Å². The molecule has 1 aliphatic rings. The summed E-state index contributed by atoms with van der Waals surface area (Å²) in [5.74, 6) is 0.631. The average molecular weight is 335 g/mol.